The number of aromatic nitrogens is 1. The first kappa shape index (κ1) is 14.1. The zero-order chi connectivity index (χ0) is 15.0. The Balaban J connectivity index is 1.98. The number of carbonyl (C=O) groups is 2. The number of nitrogens with zero attached hydrogens (tertiary/aromatic N) is 2. The van der Waals surface area contributed by atoms with Gasteiger partial charge in [-0.15, -0.1) is 0 Å². The molecule has 0 radical (unpaired) electrons. The highest BCUT2D eigenvalue weighted by atomic mass is 16.5. The van der Waals surface area contributed by atoms with Crippen molar-refractivity contribution in [3.63, 3.8) is 0 Å². The third-order valence-corrected chi connectivity index (χ3v) is 4.20. The fourth-order valence-corrected chi connectivity index (χ4v) is 3.13. The Morgan fingerprint density at radius 1 is 1.38 bits per heavy atom. The van der Waals surface area contributed by atoms with E-state index in [0.29, 0.717) is 31.1 Å². The summed E-state index contributed by atoms with van der Waals surface area (Å²) >= 11 is 0. The van der Waals surface area contributed by atoms with Gasteiger partial charge in [0.2, 0.25) is 0 Å². The Hall–Kier alpha value is -1.86. The highest BCUT2D eigenvalue weighted by Crippen LogP contribution is 2.25. The van der Waals surface area contributed by atoms with Gasteiger partial charge in [0.25, 0.3) is 5.91 Å². The van der Waals surface area contributed by atoms with Gasteiger partial charge < -0.3 is 24.4 Å². The molecule has 1 aromatic heterocycles. The lowest BCUT2D eigenvalue weighted by Gasteiger charge is -2.25. The summed E-state index contributed by atoms with van der Waals surface area (Å²) in [5.74, 6) is -1.26. The quantitative estimate of drug-likeness (QED) is 0.837. The molecule has 0 saturated carbocycles. The van der Waals surface area contributed by atoms with Crippen molar-refractivity contribution in [2.45, 2.75) is 32.0 Å². The van der Waals surface area contributed by atoms with Gasteiger partial charge in [0.15, 0.2) is 0 Å². The summed E-state index contributed by atoms with van der Waals surface area (Å²) in [5.41, 5.74) is 1.04. The van der Waals surface area contributed by atoms with Crippen LogP contribution in [0, 0.1) is 0 Å². The van der Waals surface area contributed by atoms with Crippen molar-refractivity contribution in [1.82, 2.24) is 9.47 Å². The average molecular weight is 294 g/mol. The van der Waals surface area contributed by atoms with Crippen LogP contribution >= 0.6 is 0 Å². The number of likely N-dealkylation sites (tertiary alicyclic amines) is 1. The lowest BCUT2D eigenvalue weighted by molar-refractivity contribution is 0.0615. The van der Waals surface area contributed by atoms with E-state index in [1.165, 1.54) is 6.07 Å². The molecular weight excluding hydrogens is 276 g/mol. The Morgan fingerprint density at radius 3 is 2.90 bits per heavy atom. The zero-order valence-electron chi connectivity index (χ0n) is 11.6. The third-order valence-electron chi connectivity index (χ3n) is 4.20. The van der Waals surface area contributed by atoms with E-state index in [0.717, 1.165) is 12.8 Å². The Labute approximate surface area is 121 Å². The van der Waals surface area contributed by atoms with Crippen LogP contribution in [0.2, 0.25) is 0 Å². The molecule has 7 heteroatoms. The van der Waals surface area contributed by atoms with Crippen LogP contribution in [0.15, 0.2) is 6.07 Å². The zero-order valence-corrected chi connectivity index (χ0v) is 11.6. The van der Waals surface area contributed by atoms with Gasteiger partial charge in [-0.3, -0.25) is 4.79 Å². The third kappa shape index (κ3) is 2.32. The number of hydrogen-bond acceptors (Lipinski definition) is 4. The molecule has 2 aliphatic heterocycles. The fraction of sp³-hybridized carbons (Fsp3) is 0.571. The first-order valence-corrected chi connectivity index (χ1v) is 7.08. The number of aromatic carboxylic acids is 1. The number of aliphatic hydroxyl groups is 1. The maximum atomic E-state index is 12.7. The van der Waals surface area contributed by atoms with Gasteiger partial charge in [-0.2, -0.15) is 0 Å². The second kappa shape index (κ2) is 5.50. The molecule has 2 N–H and O–H groups in total. The molecule has 0 aliphatic carbocycles. The minimum atomic E-state index is -1.05. The van der Waals surface area contributed by atoms with Crippen molar-refractivity contribution in [1.29, 1.82) is 0 Å². The highest BCUT2D eigenvalue weighted by molar-refractivity contribution is 5.98. The van der Waals surface area contributed by atoms with Crippen LogP contribution in [0.3, 0.4) is 0 Å². The van der Waals surface area contributed by atoms with E-state index >= 15 is 0 Å². The molecule has 7 nitrogen and oxygen atoms in total. The van der Waals surface area contributed by atoms with E-state index in [4.69, 9.17) is 4.74 Å². The van der Waals surface area contributed by atoms with Gasteiger partial charge in [0.05, 0.1) is 37.1 Å². The van der Waals surface area contributed by atoms with Crippen LogP contribution in [-0.4, -0.2) is 57.4 Å². The smallest absolute Gasteiger partial charge is 0.337 e. The second-order valence-corrected chi connectivity index (χ2v) is 5.38. The maximum Gasteiger partial charge on any atom is 0.337 e. The second-order valence-electron chi connectivity index (χ2n) is 5.38. The number of carboxylic acids is 1. The monoisotopic (exact) mass is 294 g/mol. The molecule has 3 rings (SSSR count). The van der Waals surface area contributed by atoms with Crippen LogP contribution in [0.1, 0.15) is 39.4 Å². The van der Waals surface area contributed by atoms with E-state index in [-0.39, 0.29) is 30.7 Å². The number of ether oxygens (including phenoxy) is 1. The number of fused-ring (bicyclic) bond motifs is 1. The molecule has 1 amide bonds. The van der Waals surface area contributed by atoms with Crippen LogP contribution in [-0.2, 0) is 17.9 Å². The average Bonchev–Trinajstić information content (AvgIpc) is 3.11. The Kier molecular flexibility index (Phi) is 3.69. The first-order valence-electron chi connectivity index (χ1n) is 7.08. The molecular formula is C14H18N2O5. The fourth-order valence-electron chi connectivity index (χ4n) is 3.13. The van der Waals surface area contributed by atoms with Crippen LogP contribution in [0.4, 0.5) is 0 Å². The molecule has 0 aromatic carbocycles. The van der Waals surface area contributed by atoms with Crippen molar-refractivity contribution in [3.8, 4) is 0 Å². The van der Waals surface area contributed by atoms with Crippen LogP contribution in [0.5, 0.6) is 0 Å². The topological polar surface area (TPSA) is 92.0 Å². The summed E-state index contributed by atoms with van der Waals surface area (Å²) in [4.78, 5) is 25.6. The van der Waals surface area contributed by atoms with E-state index < -0.39 is 5.97 Å². The number of amides is 1. The molecule has 0 bridgehead atoms. The van der Waals surface area contributed by atoms with Gasteiger partial charge in [0, 0.05) is 13.1 Å². The molecule has 1 fully saturated rings. The summed E-state index contributed by atoms with van der Waals surface area (Å²) in [6, 6.07) is 1.26. The molecule has 21 heavy (non-hydrogen) atoms. The van der Waals surface area contributed by atoms with Gasteiger partial charge in [-0.05, 0) is 18.9 Å². The molecule has 1 atom stereocenters. The SMILES string of the molecule is O=C(O)c1cc(C(=O)N2CCCC2CO)n2c1COCC2. The molecule has 1 unspecified atom stereocenters. The first-order chi connectivity index (χ1) is 10.1. The van der Waals surface area contributed by atoms with Crippen LogP contribution in [0.25, 0.3) is 0 Å². The number of carbonyl (C=O) groups excluding carboxylic acids is 1. The molecule has 1 aromatic rings. The standard InChI is InChI=1S/C14H18N2O5/c17-7-9-2-1-3-15(9)13(18)11-6-10(14(19)20)12-8-21-5-4-16(11)12/h6,9,17H,1-5,7-8H2,(H,19,20). The van der Waals surface area contributed by atoms with Crippen molar-refractivity contribution < 1.29 is 24.5 Å². The van der Waals surface area contributed by atoms with Gasteiger partial charge in [-0.1, -0.05) is 0 Å². The lowest BCUT2D eigenvalue weighted by atomic mass is 10.2. The molecule has 0 spiro atoms. The van der Waals surface area contributed by atoms with E-state index in [9.17, 15) is 19.8 Å². The maximum absolute atomic E-state index is 12.7. The van der Waals surface area contributed by atoms with Gasteiger partial charge in [0.1, 0.15) is 5.69 Å². The minimum Gasteiger partial charge on any atom is -0.478 e. The number of carboxylic acid groups (broad SMARTS) is 1. The largest absolute Gasteiger partial charge is 0.478 e. The van der Waals surface area contributed by atoms with Crippen molar-refractivity contribution in [2.75, 3.05) is 19.8 Å². The summed E-state index contributed by atoms with van der Waals surface area (Å²) in [5, 5.41) is 18.6. The number of rotatable bonds is 3. The lowest BCUT2D eigenvalue weighted by Crippen LogP contribution is -2.39. The van der Waals surface area contributed by atoms with E-state index in [1.54, 1.807) is 9.47 Å². The Bertz CT molecular complexity index is 580. The predicted molar refractivity (Wildman–Crippen MR) is 72.2 cm³/mol. The molecule has 2 aliphatic rings. The van der Waals surface area contributed by atoms with Gasteiger partial charge >= 0.3 is 5.97 Å². The van der Waals surface area contributed by atoms with Crippen LogP contribution < -0.4 is 0 Å². The van der Waals surface area contributed by atoms with E-state index in [2.05, 4.69) is 0 Å². The molecule has 3 heterocycles. The minimum absolute atomic E-state index is 0.0613. The summed E-state index contributed by atoms with van der Waals surface area (Å²) in [6.45, 7) is 1.68. The molecule has 1 saturated heterocycles. The Morgan fingerprint density at radius 2 is 2.19 bits per heavy atom. The van der Waals surface area contributed by atoms with Crippen molar-refractivity contribution >= 4 is 11.9 Å². The summed E-state index contributed by atoms with van der Waals surface area (Å²) in [6.07, 6.45) is 1.64. The summed E-state index contributed by atoms with van der Waals surface area (Å²) < 4.78 is 7.04. The predicted octanol–water partition coefficient (Wildman–Crippen LogP) is 0.313. The van der Waals surface area contributed by atoms with Crippen molar-refractivity contribution in [3.05, 3.63) is 23.0 Å². The van der Waals surface area contributed by atoms with Gasteiger partial charge in [-0.25, -0.2) is 4.79 Å². The normalized spacial score (nSPS) is 21.4. The number of hydrogen-bond donors (Lipinski definition) is 2. The van der Waals surface area contributed by atoms with E-state index in [1.807, 2.05) is 0 Å². The molecule has 114 valence electrons. The summed E-state index contributed by atoms with van der Waals surface area (Å²) in [7, 11) is 0. The van der Waals surface area contributed by atoms with Crippen molar-refractivity contribution in [2.24, 2.45) is 0 Å². The highest BCUT2D eigenvalue weighted by Gasteiger charge is 2.33. The number of aliphatic hydroxyl groups excluding tert-OH is 1.